The van der Waals surface area contributed by atoms with E-state index in [-0.39, 0.29) is 17.9 Å². The van der Waals surface area contributed by atoms with Gasteiger partial charge in [-0.2, -0.15) is 0 Å². The molecule has 1 heterocycles. The standard InChI is InChI=1S/C16H22ClN3O2/c17-13-7-5-12(6-8-13)16(22)19-10-2-4-15(21)20-14-3-1-9-18-11-14/h5-8,14,18H,1-4,9-11H2,(H,19,22)(H,20,21). The largest absolute Gasteiger partial charge is 0.352 e. The molecule has 2 amide bonds. The Labute approximate surface area is 135 Å². The maximum atomic E-state index is 11.9. The van der Waals surface area contributed by atoms with E-state index in [9.17, 15) is 9.59 Å². The van der Waals surface area contributed by atoms with E-state index in [4.69, 9.17) is 11.6 Å². The molecule has 1 aliphatic rings. The molecule has 5 nitrogen and oxygen atoms in total. The van der Waals surface area contributed by atoms with Crippen LogP contribution in [0.3, 0.4) is 0 Å². The molecule has 0 aromatic heterocycles. The first-order valence-electron chi connectivity index (χ1n) is 7.69. The summed E-state index contributed by atoms with van der Waals surface area (Å²) in [6, 6.07) is 6.97. The molecule has 1 atom stereocenters. The van der Waals surface area contributed by atoms with Crippen molar-refractivity contribution in [2.24, 2.45) is 0 Å². The summed E-state index contributed by atoms with van der Waals surface area (Å²) in [5.41, 5.74) is 0.571. The fourth-order valence-electron chi connectivity index (χ4n) is 2.43. The van der Waals surface area contributed by atoms with E-state index in [0.29, 0.717) is 30.0 Å². The van der Waals surface area contributed by atoms with Crippen LogP contribution in [0.25, 0.3) is 0 Å². The summed E-state index contributed by atoms with van der Waals surface area (Å²) >= 11 is 5.78. The van der Waals surface area contributed by atoms with Crippen LogP contribution in [0.15, 0.2) is 24.3 Å². The molecule has 1 aromatic carbocycles. The highest BCUT2D eigenvalue weighted by Gasteiger charge is 2.14. The summed E-state index contributed by atoms with van der Waals surface area (Å²) in [7, 11) is 0. The third-order valence-corrected chi connectivity index (χ3v) is 3.89. The number of piperidine rings is 1. The topological polar surface area (TPSA) is 70.2 Å². The number of carbonyl (C=O) groups excluding carboxylic acids is 2. The second-order valence-corrected chi connectivity index (χ2v) is 5.91. The van der Waals surface area contributed by atoms with Crippen LogP contribution in [0.2, 0.25) is 5.02 Å². The predicted molar refractivity (Wildman–Crippen MR) is 87.1 cm³/mol. The molecule has 0 bridgehead atoms. The van der Waals surface area contributed by atoms with Gasteiger partial charge in [-0.05, 0) is 50.1 Å². The Kier molecular flexibility index (Phi) is 6.68. The van der Waals surface area contributed by atoms with Crippen LogP contribution in [0, 0.1) is 0 Å². The Hall–Kier alpha value is -1.59. The summed E-state index contributed by atoms with van der Waals surface area (Å²) in [4.78, 5) is 23.7. The van der Waals surface area contributed by atoms with Gasteiger partial charge in [0.15, 0.2) is 0 Å². The van der Waals surface area contributed by atoms with E-state index in [1.54, 1.807) is 24.3 Å². The Balaban J connectivity index is 1.61. The lowest BCUT2D eigenvalue weighted by atomic mass is 10.1. The molecule has 0 saturated carbocycles. The second kappa shape index (κ2) is 8.76. The molecule has 0 spiro atoms. The third-order valence-electron chi connectivity index (χ3n) is 3.63. The molecule has 22 heavy (non-hydrogen) atoms. The minimum absolute atomic E-state index is 0.0504. The molecule has 1 aromatic rings. The first-order chi connectivity index (χ1) is 10.6. The Morgan fingerprint density at radius 1 is 1.27 bits per heavy atom. The van der Waals surface area contributed by atoms with Crippen LogP contribution < -0.4 is 16.0 Å². The van der Waals surface area contributed by atoms with Crippen molar-refractivity contribution in [3.63, 3.8) is 0 Å². The van der Waals surface area contributed by atoms with Crippen molar-refractivity contribution in [2.75, 3.05) is 19.6 Å². The second-order valence-electron chi connectivity index (χ2n) is 5.48. The highest BCUT2D eigenvalue weighted by Crippen LogP contribution is 2.09. The number of halogens is 1. The molecule has 2 rings (SSSR count). The van der Waals surface area contributed by atoms with Crippen LogP contribution in [0.5, 0.6) is 0 Å². The smallest absolute Gasteiger partial charge is 0.251 e. The van der Waals surface area contributed by atoms with E-state index in [1.807, 2.05) is 0 Å². The number of hydrogen-bond acceptors (Lipinski definition) is 3. The van der Waals surface area contributed by atoms with E-state index in [0.717, 1.165) is 25.9 Å². The monoisotopic (exact) mass is 323 g/mol. The van der Waals surface area contributed by atoms with Crippen molar-refractivity contribution >= 4 is 23.4 Å². The fourth-order valence-corrected chi connectivity index (χ4v) is 2.56. The molecule has 1 fully saturated rings. The van der Waals surface area contributed by atoms with Gasteiger partial charge in [0.05, 0.1) is 0 Å². The first kappa shape index (κ1) is 16.8. The van der Waals surface area contributed by atoms with Crippen LogP contribution in [-0.2, 0) is 4.79 Å². The zero-order valence-electron chi connectivity index (χ0n) is 12.5. The van der Waals surface area contributed by atoms with Crippen LogP contribution >= 0.6 is 11.6 Å². The van der Waals surface area contributed by atoms with Gasteiger partial charge in [0, 0.05) is 36.1 Å². The van der Waals surface area contributed by atoms with Crippen LogP contribution in [-0.4, -0.2) is 37.5 Å². The van der Waals surface area contributed by atoms with Gasteiger partial charge < -0.3 is 16.0 Å². The van der Waals surface area contributed by atoms with E-state index in [2.05, 4.69) is 16.0 Å². The van der Waals surface area contributed by atoms with E-state index >= 15 is 0 Å². The van der Waals surface area contributed by atoms with Gasteiger partial charge in [-0.1, -0.05) is 11.6 Å². The zero-order chi connectivity index (χ0) is 15.8. The molecular weight excluding hydrogens is 302 g/mol. The minimum Gasteiger partial charge on any atom is -0.352 e. The average molecular weight is 324 g/mol. The predicted octanol–water partition coefficient (Wildman–Crippen LogP) is 1.72. The first-order valence-corrected chi connectivity index (χ1v) is 8.07. The third kappa shape index (κ3) is 5.66. The van der Waals surface area contributed by atoms with E-state index < -0.39 is 0 Å². The number of rotatable bonds is 6. The molecule has 6 heteroatoms. The Morgan fingerprint density at radius 2 is 2.05 bits per heavy atom. The zero-order valence-corrected chi connectivity index (χ0v) is 13.3. The molecule has 0 radical (unpaired) electrons. The summed E-state index contributed by atoms with van der Waals surface area (Å²) < 4.78 is 0. The summed E-state index contributed by atoms with van der Waals surface area (Å²) in [5, 5.41) is 9.68. The lowest BCUT2D eigenvalue weighted by Gasteiger charge is -2.23. The number of amides is 2. The molecular formula is C16H22ClN3O2. The summed E-state index contributed by atoms with van der Waals surface area (Å²) in [6.07, 6.45) is 3.19. The average Bonchev–Trinajstić information content (AvgIpc) is 2.53. The quantitative estimate of drug-likeness (QED) is 0.698. The highest BCUT2D eigenvalue weighted by atomic mass is 35.5. The molecule has 1 saturated heterocycles. The fraction of sp³-hybridized carbons (Fsp3) is 0.500. The molecule has 1 unspecified atom stereocenters. The van der Waals surface area contributed by atoms with Gasteiger partial charge in [-0.15, -0.1) is 0 Å². The van der Waals surface area contributed by atoms with Gasteiger partial charge >= 0.3 is 0 Å². The Morgan fingerprint density at radius 3 is 2.73 bits per heavy atom. The lowest BCUT2D eigenvalue weighted by Crippen LogP contribution is -2.45. The van der Waals surface area contributed by atoms with Crippen molar-refractivity contribution in [3.8, 4) is 0 Å². The highest BCUT2D eigenvalue weighted by molar-refractivity contribution is 6.30. The number of nitrogens with one attached hydrogen (secondary N) is 3. The van der Waals surface area contributed by atoms with Gasteiger partial charge in [-0.25, -0.2) is 0 Å². The lowest BCUT2D eigenvalue weighted by molar-refractivity contribution is -0.122. The molecule has 0 aliphatic carbocycles. The van der Waals surface area contributed by atoms with E-state index in [1.165, 1.54) is 0 Å². The normalized spacial score (nSPS) is 17.8. The van der Waals surface area contributed by atoms with Crippen LogP contribution in [0.1, 0.15) is 36.0 Å². The van der Waals surface area contributed by atoms with Gasteiger partial charge in [0.1, 0.15) is 0 Å². The number of carbonyl (C=O) groups is 2. The van der Waals surface area contributed by atoms with Crippen molar-refractivity contribution in [2.45, 2.75) is 31.7 Å². The van der Waals surface area contributed by atoms with Gasteiger partial charge in [0.25, 0.3) is 5.91 Å². The SMILES string of the molecule is O=C(CCCNC(=O)c1ccc(Cl)cc1)NC1CCCNC1. The number of hydrogen-bond donors (Lipinski definition) is 3. The summed E-state index contributed by atoms with van der Waals surface area (Å²) in [5.74, 6) is -0.0944. The maximum absolute atomic E-state index is 11.9. The molecule has 1 aliphatic heterocycles. The molecule has 120 valence electrons. The van der Waals surface area contributed by atoms with Crippen molar-refractivity contribution < 1.29 is 9.59 Å². The van der Waals surface area contributed by atoms with Crippen LogP contribution in [0.4, 0.5) is 0 Å². The van der Waals surface area contributed by atoms with Crippen molar-refractivity contribution in [1.82, 2.24) is 16.0 Å². The molecule has 3 N–H and O–H groups in total. The number of benzene rings is 1. The van der Waals surface area contributed by atoms with Crippen molar-refractivity contribution in [1.29, 1.82) is 0 Å². The Bertz CT molecular complexity index is 499. The minimum atomic E-state index is -0.145. The maximum Gasteiger partial charge on any atom is 0.251 e. The van der Waals surface area contributed by atoms with Gasteiger partial charge in [-0.3, -0.25) is 9.59 Å². The summed E-state index contributed by atoms with van der Waals surface area (Å²) in [6.45, 7) is 2.36. The van der Waals surface area contributed by atoms with Gasteiger partial charge in [0.2, 0.25) is 5.91 Å². The van der Waals surface area contributed by atoms with Crippen molar-refractivity contribution in [3.05, 3.63) is 34.9 Å².